The van der Waals surface area contributed by atoms with Crippen LogP contribution in [0.1, 0.15) is 12.5 Å². The van der Waals surface area contributed by atoms with Gasteiger partial charge >= 0.3 is 0 Å². The molecule has 0 aromatic heterocycles. The van der Waals surface area contributed by atoms with Gasteiger partial charge in [0, 0.05) is 26.2 Å². The van der Waals surface area contributed by atoms with Gasteiger partial charge < -0.3 is 20.1 Å². The summed E-state index contributed by atoms with van der Waals surface area (Å²) in [7, 11) is -3.50. The topological polar surface area (TPSA) is 97.0 Å². The van der Waals surface area contributed by atoms with Crippen molar-refractivity contribution in [2.75, 3.05) is 39.5 Å². The van der Waals surface area contributed by atoms with E-state index < -0.39 is 10.0 Å². The minimum atomic E-state index is -3.50. The van der Waals surface area contributed by atoms with Crippen LogP contribution in [0, 0.1) is 0 Å². The molecule has 2 aliphatic heterocycles. The fourth-order valence-corrected chi connectivity index (χ4v) is 4.45. The molecule has 0 bridgehead atoms. The van der Waals surface area contributed by atoms with Crippen LogP contribution in [0.2, 0.25) is 0 Å². The lowest BCUT2D eigenvalue weighted by atomic mass is 10.1. The Kier molecular flexibility index (Phi) is 8.02. The van der Waals surface area contributed by atoms with Crippen molar-refractivity contribution in [3.8, 4) is 0 Å². The molecule has 0 saturated carbocycles. The van der Waals surface area contributed by atoms with E-state index in [0.29, 0.717) is 46.0 Å². The predicted molar refractivity (Wildman–Crippen MR) is 102 cm³/mol. The van der Waals surface area contributed by atoms with Crippen LogP contribution in [0.4, 0.5) is 0 Å². The molecule has 0 unspecified atom stereocenters. The summed E-state index contributed by atoms with van der Waals surface area (Å²) < 4.78 is 37.3. The largest absolute Gasteiger partial charge is 0.379 e. The SMILES string of the molecule is C[C@H]1OCCN[C@@H]1C(=O)NCc1ccc(S(=O)(=O)N2CCOCC2)cc1.Cl. The highest BCUT2D eigenvalue weighted by Gasteiger charge is 2.28. The third-order valence-corrected chi connectivity index (χ3v) is 6.51. The Morgan fingerprint density at radius 2 is 1.89 bits per heavy atom. The second-order valence-electron chi connectivity index (χ2n) is 6.39. The van der Waals surface area contributed by atoms with Crippen molar-refractivity contribution >= 4 is 28.3 Å². The number of halogens is 1. The molecule has 2 atom stereocenters. The molecule has 1 aromatic carbocycles. The number of morpholine rings is 2. The number of rotatable bonds is 5. The van der Waals surface area contributed by atoms with Crippen molar-refractivity contribution in [2.45, 2.75) is 30.5 Å². The highest BCUT2D eigenvalue weighted by atomic mass is 35.5. The number of carbonyl (C=O) groups is 1. The van der Waals surface area contributed by atoms with Crippen LogP contribution in [0.15, 0.2) is 29.2 Å². The van der Waals surface area contributed by atoms with Gasteiger partial charge in [0.05, 0.1) is 30.8 Å². The van der Waals surface area contributed by atoms with E-state index in [9.17, 15) is 13.2 Å². The van der Waals surface area contributed by atoms with E-state index >= 15 is 0 Å². The molecule has 3 rings (SSSR count). The molecule has 0 aliphatic carbocycles. The van der Waals surface area contributed by atoms with Crippen LogP contribution in [-0.2, 0) is 30.8 Å². The third kappa shape index (κ3) is 5.40. The molecule has 8 nitrogen and oxygen atoms in total. The highest BCUT2D eigenvalue weighted by molar-refractivity contribution is 7.89. The van der Waals surface area contributed by atoms with Gasteiger partial charge in [0.2, 0.25) is 15.9 Å². The summed E-state index contributed by atoms with van der Waals surface area (Å²) in [6.45, 7) is 5.02. The summed E-state index contributed by atoms with van der Waals surface area (Å²) in [5, 5.41) is 6.00. The quantitative estimate of drug-likeness (QED) is 0.703. The average Bonchev–Trinajstić information content (AvgIpc) is 2.67. The molecule has 1 aromatic rings. The molecule has 0 radical (unpaired) electrons. The highest BCUT2D eigenvalue weighted by Crippen LogP contribution is 2.17. The van der Waals surface area contributed by atoms with E-state index in [1.54, 1.807) is 24.3 Å². The minimum Gasteiger partial charge on any atom is -0.379 e. The molecule has 2 N–H and O–H groups in total. The summed E-state index contributed by atoms with van der Waals surface area (Å²) >= 11 is 0. The number of sulfonamides is 1. The molecule has 2 fully saturated rings. The zero-order chi connectivity index (χ0) is 18.6. The van der Waals surface area contributed by atoms with Gasteiger partial charge in [-0.1, -0.05) is 12.1 Å². The van der Waals surface area contributed by atoms with Crippen LogP contribution in [0.5, 0.6) is 0 Å². The molecule has 152 valence electrons. The van der Waals surface area contributed by atoms with Crippen molar-refractivity contribution in [3.05, 3.63) is 29.8 Å². The maximum absolute atomic E-state index is 12.6. The first-order valence-corrected chi connectivity index (χ1v) is 10.2. The Morgan fingerprint density at radius 1 is 1.22 bits per heavy atom. The van der Waals surface area contributed by atoms with Gasteiger partial charge in [-0.15, -0.1) is 12.4 Å². The summed E-state index contributed by atoms with van der Waals surface area (Å²) in [5.74, 6) is -0.123. The Bertz CT molecular complexity index is 723. The van der Waals surface area contributed by atoms with Crippen LogP contribution in [-0.4, -0.2) is 70.2 Å². The number of hydrogen-bond donors (Lipinski definition) is 2. The van der Waals surface area contributed by atoms with E-state index in [1.165, 1.54) is 4.31 Å². The average molecular weight is 420 g/mol. The van der Waals surface area contributed by atoms with E-state index in [-0.39, 0.29) is 35.4 Å². The van der Waals surface area contributed by atoms with Gasteiger partial charge in [0.25, 0.3) is 0 Å². The number of amides is 1. The fraction of sp³-hybridized carbons (Fsp3) is 0.588. The van der Waals surface area contributed by atoms with Gasteiger partial charge in [-0.25, -0.2) is 8.42 Å². The zero-order valence-electron chi connectivity index (χ0n) is 15.2. The van der Waals surface area contributed by atoms with E-state index in [1.807, 2.05) is 6.92 Å². The van der Waals surface area contributed by atoms with Gasteiger partial charge in [0.1, 0.15) is 6.04 Å². The molecular weight excluding hydrogens is 394 g/mol. The third-order valence-electron chi connectivity index (χ3n) is 4.60. The van der Waals surface area contributed by atoms with Crippen molar-refractivity contribution in [3.63, 3.8) is 0 Å². The first-order valence-electron chi connectivity index (χ1n) is 8.78. The molecule has 2 heterocycles. The summed E-state index contributed by atoms with van der Waals surface area (Å²) in [4.78, 5) is 12.5. The van der Waals surface area contributed by atoms with Crippen molar-refractivity contribution in [1.82, 2.24) is 14.9 Å². The predicted octanol–water partition coefficient (Wildman–Crippen LogP) is 0.122. The molecule has 0 spiro atoms. The monoisotopic (exact) mass is 419 g/mol. The number of hydrogen-bond acceptors (Lipinski definition) is 6. The number of carbonyl (C=O) groups excluding carboxylic acids is 1. The molecule has 27 heavy (non-hydrogen) atoms. The lowest BCUT2D eigenvalue weighted by Crippen LogP contribution is -2.55. The molecular formula is C17H26ClN3O5S. The maximum atomic E-state index is 12.6. The van der Waals surface area contributed by atoms with Gasteiger partial charge in [-0.2, -0.15) is 4.31 Å². The lowest BCUT2D eigenvalue weighted by molar-refractivity contribution is -0.129. The minimum absolute atomic E-state index is 0. The molecule has 10 heteroatoms. The molecule has 2 saturated heterocycles. The molecule has 2 aliphatic rings. The Balaban J connectivity index is 0.00000261. The van der Waals surface area contributed by atoms with Crippen LogP contribution in [0.25, 0.3) is 0 Å². The number of benzene rings is 1. The Hall–Kier alpha value is -1.23. The first-order chi connectivity index (χ1) is 12.5. The lowest BCUT2D eigenvalue weighted by Gasteiger charge is -2.29. The van der Waals surface area contributed by atoms with E-state index in [2.05, 4.69) is 10.6 Å². The molecule has 1 amide bonds. The summed E-state index contributed by atoms with van der Waals surface area (Å²) in [6.07, 6.45) is -0.176. The number of nitrogens with zero attached hydrogens (tertiary/aromatic N) is 1. The normalized spacial score (nSPS) is 24.0. The van der Waals surface area contributed by atoms with E-state index in [0.717, 1.165) is 5.56 Å². The Morgan fingerprint density at radius 3 is 2.52 bits per heavy atom. The maximum Gasteiger partial charge on any atom is 0.243 e. The van der Waals surface area contributed by atoms with Crippen molar-refractivity contribution in [1.29, 1.82) is 0 Å². The first kappa shape index (κ1) is 22.1. The summed E-state index contributed by atoms with van der Waals surface area (Å²) in [6, 6.07) is 6.24. The van der Waals surface area contributed by atoms with Gasteiger partial charge in [0.15, 0.2) is 0 Å². The smallest absolute Gasteiger partial charge is 0.243 e. The van der Waals surface area contributed by atoms with E-state index in [4.69, 9.17) is 9.47 Å². The second-order valence-corrected chi connectivity index (χ2v) is 8.32. The van der Waals surface area contributed by atoms with Gasteiger partial charge in [-0.05, 0) is 24.6 Å². The van der Waals surface area contributed by atoms with Gasteiger partial charge in [-0.3, -0.25) is 4.79 Å². The number of ether oxygens (including phenoxy) is 2. The summed E-state index contributed by atoms with van der Waals surface area (Å²) in [5.41, 5.74) is 0.837. The zero-order valence-corrected chi connectivity index (χ0v) is 16.9. The van der Waals surface area contributed by atoms with Crippen LogP contribution >= 0.6 is 12.4 Å². The van der Waals surface area contributed by atoms with Crippen LogP contribution < -0.4 is 10.6 Å². The Labute approximate surface area is 166 Å². The second kappa shape index (κ2) is 9.81. The number of nitrogens with one attached hydrogen (secondary N) is 2. The van der Waals surface area contributed by atoms with Crippen molar-refractivity contribution < 1.29 is 22.7 Å². The van der Waals surface area contributed by atoms with Crippen LogP contribution in [0.3, 0.4) is 0 Å². The van der Waals surface area contributed by atoms with Crippen molar-refractivity contribution in [2.24, 2.45) is 0 Å². The standard InChI is InChI=1S/C17H25N3O5S.ClH/c1-13-16(18-6-9-25-13)17(21)19-12-14-2-4-15(5-3-14)26(22,23)20-7-10-24-11-8-20;/h2-5,13,16,18H,6-12H2,1H3,(H,19,21);1H/t13-,16+;/m1./s1. The fourth-order valence-electron chi connectivity index (χ4n) is 3.04.